The molecule has 4 heterocycles. The molecular formula is C54H49BN2S2. The largest absolute Gasteiger partial charge is 0.355 e. The van der Waals surface area contributed by atoms with E-state index in [4.69, 9.17) is 0 Å². The van der Waals surface area contributed by atoms with Crippen LogP contribution in [0.25, 0.3) is 79.0 Å². The normalized spacial score (nSPS) is 13.3. The molecule has 2 nitrogen and oxygen atoms in total. The van der Waals surface area contributed by atoms with Gasteiger partial charge in [0.05, 0.1) is 11.0 Å². The molecular weight excluding hydrogens is 752 g/mol. The highest BCUT2D eigenvalue weighted by atomic mass is 32.1. The summed E-state index contributed by atoms with van der Waals surface area (Å²) in [6, 6.07) is 46.6. The van der Waals surface area contributed by atoms with E-state index in [0.29, 0.717) is 0 Å². The van der Waals surface area contributed by atoms with Gasteiger partial charge in [0, 0.05) is 68.4 Å². The van der Waals surface area contributed by atoms with E-state index in [1.165, 1.54) is 107 Å². The molecule has 0 radical (unpaired) electrons. The summed E-state index contributed by atoms with van der Waals surface area (Å²) in [6.45, 7) is 20.9. The average molecular weight is 801 g/mol. The molecule has 0 fully saturated rings. The Bertz CT molecular complexity index is 3370. The molecule has 1 aliphatic rings. The van der Waals surface area contributed by atoms with Gasteiger partial charge in [0.2, 0.25) is 0 Å². The van der Waals surface area contributed by atoms with Crippen LogP contribution in [0.2, 0.25) is 0 Å². The Hall–Kier alpha value is -5.36. The lowest BCUT2D eigenvalue weighted by molar-refractivity contribution is 0.590. The predicted octanol–water partition coefficient (Wildman–Crippen LogP) is 14.5. The molecule has 0 bridgehead atoms. The molecule has 3 aromatic heterocycles. The van der Waals surface area contributed by atoms with Gasteiger partial charge in [-0.2, -0.15) is 0 Å². The maximum absolute atomic E-state index is 3.97. The highest BCUT2D eigenvalue weighted by Crippen LogP contribution is 2.50. The van der Waals surface area contributed by atoms with E-state index in [9.17, 15) is 0 Å². The van der Waals surface area contributed by atoms with Crippen molar-refractivity contribution in [2.75, 3.05) is 5.32 Å². The zero-order valence-corrected chi connectivity index (χ0v) is 37.2. The Balaban J connectivity index is 1.30. The minimum atomic E-state index is -0.0325. The van der Waals surface area contributed by atoms with Crippen LogP contribution >= 0.6 is 22.7 Å². The van der Waals surface area contributed by atoms with Gasteiger partial charge in [-0.1, -0.05) is 135 Å². The molecule has 1 N–H and O–H groups in total. The summed E-state index contributed by atoms with van der Waals surface area (Å²) < 4.78 is 8.05. The molecule has 0 unspecified atom stereocenters. The fraction of sp³-hybridized carbons (Fsp3) is 0.222. The third kappa shape index (κ3) is 5.65. The number of hydrogen-bond donors (Lipinski definition) is 1. The molecule has 0 saturated heterocycles. The fourth-order valence-electron chi connectivity index (χ4n) is 9.61. The van der Waals surface area contributed by atoms with Gasteiger partial charge in [-0.3, -0.25) is 0 Å². The summed E-state index contributed by atoms with van der Waals surface area (Å²) in [5, 5.41) is 12.1. The first kappa shape index (κ1) is 36.7. The molecule has 5 heteroatoms. The van der Waals surface area contributed by atoms with Crippen molar-refractivity contribution in [2.45, 2.75) is 78.6 Å². The van der Waals surface area contributed by atoms with Crippen LogP contribution in [0.4, 0.5) is 11.4 Å². The summed E-state index contributed by atoms with van der Waals surface area (Å²) in [5.74, 6) is 0. The number of anilines is 2. The van der Waals surface area contributed by atoms with E-state index in [-0.39, 0.29) is 16.2 Å². The fourth-order valence-corrected chi connectivity index (χ4v) is 12.0. The molecule has 0 amide bonds. The average Bonchev–Trinajstić information content (AvgIpc) is 3.87. The zero-order chi connectivity index (χ0) is 40.7. The van der Waals surface area contributed by atoms with Gasteiger partial charge in [0.15, 0.2) is 7.28 Å². The number of benzene rings is 7. The quantitative estimate of drug-likeness (QED) is 0.176. The second-order valence-electron chi connectivity index (χ2n) is 19.9. The Morgan fingerprint density at radius 3 is 1.86 bits per heavy atom. The standard InChI is InChI=1S/C54H49BN2S2/c1-52(2,3)30-18-22-33(23-19-30)56-40-24-20-31(53(4,5)6)26-37(40)46-47-35-15-11-13-17-44(35)59-51(47)48-38-27-32(54(7,8)9)21-25-41(38)57-42-29-45-36(28-39(42)55-49(46)50(48)57)34-14-10-12-16-43(34)58-45/h10-29,55-56H,1-9H3. The second-order valence-corrected chi connectivity index (χ2v) is 22.0. The summed E-state index contributed by atoms with van der Waals surface area (Å²) in [5.41, 5.74) is 15.7. The van der Waals surface area contributed by atoms with Crippen molar-refractivity contribution in [3.63, 3.8) is 0 Å². The topological polar surface area (TPSA) is 17.0 Å². The summed E-state index contributed by atoms with van der Waals surface area (Å²) in [6.07, 6.45) is 0. The van der Waals surface area contributed by atoms with Crippen LogP contribution in [-0.2, 0) is 16.2 Å². The van der Waals surface area contributed by atoms with E-state index in [1.807, 2.05) is 22.7 Å². The van der Waals surface area contributed by atoms with Crippen molar-refractivity contribution in [3.8, 4) is 16.8 Å². The zero-order valence-electron chi connectivity index (χ0n) is 35.5. The minimum Gasteiger partial charge on any atom is -0.355 e. The number of aromatic nitrogens is 1. The lowest BCUT2D eigenvalue weighted by Crippen LogP contribution is -2.37. The number of fused-ring (bicyclic) bond motifs is 12. The van der Waals surface area contributed by atoms with Crippen LogP contribution in [0.15, 0.2) is 121 Å². The first-order valence-electron chi connectivity index (χ1n) is 21.1. The molecule has 0 aliphatic carbocycles. The molecule has 290 valence electrons. The van der Waals surface area contributed by atoms with E-state index in [1.54, 1.807) is 0 Å². The molecule has 1 aliphatic heterocycles. The third-order valence-electron chi connectivity index (χ3n) is 12.9. The minimum absolute atomic E-state index is 0.0189. The molecule has 0 atom stereocenters. The van der Waals surface area contributed by atoms with Gasteiger partial charge in [0.25, 0.3) is 0 Å². The van der Waals surface area contributed by atoms with Gasteiger partial charge < -0.3 is 9.88 Å². The number of rotatable bonds is 3. The third-order valence-corrected chi connectivity index (χ3v) is 15.2. The van der Waals surface area contributed by atoms with Crippen LogP contribution in [0.5, 0.6) is 0 Å². The van der Waals surface area contributed by atoms with Gasteiger partial charge in [-0.25, -0.2) is 0 Å². The van der Waals surface area contributed by atoms with E-state index in [2.05, 4.69) is 194 Å². The Labute approximate surface area is 355 Å². The second kappa shape index (κ2) is 12.6. The summed E-state index contributed by atoms with van der Waals surface area (Å²) in [4.78, 5) is 0. The van der Waals surface area contributed by atoms with Crippen molar-refractivity contribution < 1.29 is 0 Å². The molecule has 11 rings (SSSR count). The lowest BCUT2D eigenvalue weighted by atomic mass is 9.58. The van der Waals surface area contributed by atoms with Gasteiger partial charge in [0.1, 0.15) is 0 Å². The van der Waals surface area contributed by atoms with Crippen molar-refractivity contribution in [1.29, 1.82) is 0 Å². The Morgan fingerprint density at radius 2 is 1.15 bits per heavy atom. The number of nitrogens with zero attached hydrogens (tertiary/aromatic N) is 1. The van der Waals surface area contributed by atoms with E-state index in [0.717, 1.165) is 18.7 Å². The van der Waals surface area contributed by atoms with Crippen LogP contribution < -0.4 is 16.2 Å². The van der Waals surface area contributed by atoms with Crippen molar-refractivity contribution in [1.82, 2.24) is 4.57 Å². The predicted molar refractivity (Wildman–Crippen MR) is 264 cm³/mol. The first-order valence-corrected chi connectivity index (χ1v) is 22.7. The van der Waals surface area contributed by atoms with Gasteiger partial charge in [-0.15, -0.1) is 22.7 Å². The molecule has 10 aromatic rings. The SMILES string of the molecule is CC(C)(C)c1ccc(Nc2ccc(C(C)(C)C)cc2-c2c3c4c(c5cc(C(C)(C)C)ccc5n4-c4cc5sc6ccccc6c5cc4B3)c3sc4ccccc4c23)cc1. The number of thiophene rings is 2. The number of nitrogens with one attached hydrogen (secondary N) is 1. The molecule has 0 saturated carbocycles. The Kier molecular flexibility index (Phi) is 7.83. The molecule has 59 heavy (non-hydrogen) atoms. The van der Waals surface area contributed by atoms with E-state index >= 15 is 0 Å². The maximum Gasteiger partial charge on any atom is 0.198 e. The smallest absolute Gasteiger partial charge is 0.198 e. The van der Waals surface area contributed by atoms with Gasteiger partial charge >= 0.3 is 0 Å². The van der Waals surface area contributed by atoms with Gasteiger partial charge in [-0.05, 0) is 104 Å². The van der Waals surface area contributed by atoms with Crippen molar-refractivity contribution >= 4 is 114 Å². The van der Waals surface area contributed by atoms with Crippen LogP contribution in [0, 0.1) is 0 Å². The molecule has 0 spiro atoms. The first-order chi connectivity index (χ1) is 28.1. The van der Waals surface area contributed by atoms with Crippen molar-refractivity contribution in [2.24, 2.45) is 0 Å². The van der Waals surface area contributed by atoms with E-state index < -0.39 is 0 Å². The summed E-state index contributed by atoms with van der Waals surface area (Å²) in [7, 11) is 0.851. The monoisotopic (exact) mass is 800 g/mol. The van der Waals surface area contributed by atoms with Crippen LogP contribution in [0.1, 0.15) is 79.0 Å². The lowest BCUT2D eigenvalue weighted by Gasteiger charge is -2.27. The van der Waals surface area contributed by atoms with Crippen LogP contribution in [-0.4, -0.2) is 11.8 Å². The maximum atomic E-state index is 3.97. The summed E-state index contributed by atoms with van der Waals surface area (Å²) >= 11 is 3.88. The van der Waals surface area contributed by atoms with Crippen molar-refractivity contribution in [3.05, 3.63) is 138 Å². The Morgan fingerprint density at radius 1 is 0.525 bits per heavy atom. The number of hydrogen-bond acceptors (Lipinski definition) is 3. The highest BCUT2D eigenvalue weighted by molar-refractivity contribution is 7.27. The molecule has 7 aromatic carbocycles. The van der Waals surface area contributed by atoms with Crippen LogP contribution in [0.3, 0.4) is 0 Å². The highest BCUT2D eigenvalue weighted by Gasteiger charge is 2.32.